The Morgan fingerprint density at radius 1 is 1.36 bits per heavy atom. The van der Waals surface area contributed by atoms with Crippen LogP contribution in [0.1, 0.15) is 32.1 Å². The van der Waals surface area contributed by atoms with E-state index in [1.807, 2.05) is 0 Å². The second-order valence-electron chi connectivity index (χ2n) is 3.76. The molecule has 82 valence electrons. The fourth-order valence-electron chi connectivity index (χ4n) is 2.07. The standard InChI is InChI=1S/C9H14ClF2NO/c10-6-9(4-2-1-3-5-9)7(13-14)8(11)12/h8,14H,1-6H2/b13-7+. The lowest BCUT2D eigenvalue weighted by atomic mass is 9.72. The molecule has 0 saturated heterocycles. The van der Waals surface area contributed by atoms with E-state index < -0.39 is 17.6 Å². The van der Waals surface area contributed by atoms with Gasteiger partial charge in [-0.15, -0.1) is 11.6 Å². The Labute approximate surface area is 86.9 Å². The van der Waals surface area contributed by atoms with Crippen LogP contribution < -0.4 is 0 Å². The summed E-state index contributed by atoms with van der Waals surface area (Å²) in [6, 6.07) is 0. The average molecular weight is 226 g/mol. The molecule has 0 bridgehead atoms. The molecule has 0 atom stereocenters. The molecule has 1 fully saturated rings. The minimum atomic E-state index is -2.71. The molecular weight excluding hydrogens is 212 g/mol. The quantitative estimate of drug-likeness (QED) is 0.340. The first-order valence-electron chi connectivity index (χ1n) is 4.73. The molecule has 1 rings (SSSR count). The van der Waals surface area contributed by atoms with Crippen molar-refractivity contribution in [2.24, 2.45) is 10.6 Å². The highest BCUT2D eigenvalue weighted by Crippen LogP contribution is 2.40. The van der Waals surface area contributed by atoms with Gasteiger partial charge in [-0.2, -0.15) is 0 Å². The smallest absolute Gasteiger partial charge is 0.280 e. The summed E-state index contributed by atoms with van der Waals surface area (Å²) >= 11 is 5.73. The van der Waals surface area contributed by atoms with Crippen LogP contribution in [0.2, 0.25) is 0 Å². The molecular formula is C9H14ClF2NO. The molecule has 0 aromatic rings. The van der Waals surface area contributed by atoms with Gasteiger partial charge in [0, 0.05) is 11.3 Å². The SMILES string of the molecule is O/N=C(\C(F)F)C1(CCl)CCCCC1. The summed E-state index contributed by atoms with van der Waals surface area (Å²) in [5.41, 5.74) is -1.21. The van der Waals surface area contributed by atoms with E-state index in [-0.39, 0.29) is 5.88 Å². The Bertz CT molecular complexity index is 215. The lowest BCUT2D eigenvalue weighted by Gasteiger charge is -2.35. The van der Waals surface area contributed by atoms with Gasteiger partial charge >= 0.3 is 0 Å². The first-order chi connectivity index (χ1) is 6.66. The number of rotatable bonds is 3. The molecule has 1 saturated carbocycles. The molecule has 0 heterocycles. The lowest BCUT2D eigenvalue weighted by Crippen LogP contribution is -2.39. The van der Waals surface area contributed by atoms with E-state index in [0.29, 0.717) is 12.8 Å². The van der Waals surface area contributed by atoms with Crippen molar-refractivity contribution in [2.45, 2.75) is 38.5 Å². The Kier molecular flexibility index (Phi) is 4.11. The third-order valence-corrected chi connectivity index (χ3v) is 3.44. The predicted octanol–water partition coefficient (Wildman–Crippen LogP) is 3.27. The number of alkyl halides is 3. The molecule has 0 radical (unpaired) electrons. The van der Waals surface area contributed by atoms with E-state index in [0.717, 1.165) is 19.3 Å². The second kappa shape index (κ2) is 4.91. The molecule has 1 N–H and O–H groups in total. The maximum Gasteiger partial charge on any atom is 0.280 e. The van der Waals surface area contributed by atoms with Crippen LogP contribution in [0.5, 0.6) is 0 Å². The van der Waals surface area contributed by atoms with Crippen LogP contribution in [-0.4, -0.2) is 23.2 Å². The highest BCUT2D eigenvalue weighted by Gasteiger charge is 2.41. The van der Waals surface area contributed by atoms with Crippen LogP contribution in [0.4, 0.5) is 8.78 Å². The number of oxime groups is 1. The summed E-state index contributed by atoms with van der Waals surface area (Å²) in [6.45, 7) is 0. The molecule has 0 unspecified atom stereocenters. The number of halogens is 3. The van der Waals surface area contributed by atoms with Crippen LogP contribution in [0.25, 0.3) is 0 Å². The third kappa shape index (κ3) is 2.16. The average Bonchev–Trinajstić information content (AvgIpc) is 2.19. The fourth-order valence-corrected chi connectivity index (χ4v) is 2.47. The van der Waals surface area contributed by atoms with Gasteiger partial charge in [-0.3, -0.25) is 0 Å². The second-order valence-corrected chi connectivity index (χ2v) is 4.03. The number of hydrogen-bond acceptors (Lipinski definition) is 2. The van der Waals surface area contributed by atoms with Crippen molar-refractivity contribution in [3.8, 4) is 0 Å². The largest absolute Gasteiger partial charge is 0.411 e. The van der Waals surface area contributed by atoms with Gasteiger partial charge < -0.3 is 5.21 Å². The lowest BCUT2D eigenvalue weighted by molar-refractivity contribution is 0.180. The zero-order chi connectivity index (χ0) is 10.6. The molecule has 5 heteroatoms. The van der Waals surface area contributed by atoms with Gasteiger partial charge in [-0.05, 0) is 12.8 Å². The third-order valence-electron chi connectivity index (χ3n) is 2.92. The molecule has 1 aliphatic carbocycles. The summed E-state index contributed by atoms with van der Waals surface area (Å²) < 4.78 is 25.1. The number of hydrogen-bond donors (Lipinski definition) is 1. The normalized spacial score (nSPS) is 22.7. The summed E-state index contributed by atoms with van der Waals surface area (Å²) in [5.74, 6) is 0.108. The first kappa shape index (κ1) is 11.7. The van der Waals surface area contributed by atoms with Gasteiger partial charge in [0.1, 0.15) is 5.71 Å². The number of nitrogens with zero attached hydrogens (tertiary/aromatic N) is 1. The summed E-state index contributed by atoms with van der Waals surface area (Å²) in [6.07, 6.45) is 1.27. The van der Waals surface area contributed by atoms with Crippen molar-refractivity contribution in [2.75, 3.05) is 5.88 Å². The maximum absolute atomic E-state index is 12.6. The molecule has 0 aromatic heterocycles. The monoisotopic (exact) mass is 225 g/mol. The van der Waals surface area contributed by atoms with Crippen LogP contribution in [0.3, 0.4) is 0 Å². The topological polar surface area (TPSA) is 32.6 Å². The van der Waals surface area contributed by atoms with Crippen LogP contribution in [0, 0.1) is 5.41 Å². The molecule has 0 aromatic carbocycles. The van der Waals surface area contributed by atoms with E-state index >= 15 is 0 Å². The Hall–Kier alpha value is -0.380. The van der Waals surface area contributed by atoms with Gasteiger partial charge in [-0.25, -0.2) is 8.78 Å². The zero-order valence-electron chi connectivity index (χ0n) is 7.85. The van der Waals surface area contributed by atoms with Gasteiger partial charge in [0.05, 0.1) is 0 Å². The first-order valence-corrected chi connectivity index (χ1v) is 5.26. The Morgan fingerprint density at radius 3 is 2.29 bits per heavy atom. The van der Waals surface area contributed by atoms with Gasteiger partial charge in [-0.1, -0.05) is 24.4 Å². The van der Waals surface area contributed by atoms with Crippen LogP contribution in [0.15, 0.2) is 5.16 Å². The predicted molar refractivity (Wildman–Crippen MR) is 51.5 cm³/mol. The van der Waals surface area contributed by atoms with E-state index in [1.165, 1.54) is 0 Å². The summed E-state index contributed by atoms with van der Waals surface area (Å²) in [7, 11) is 0. The summed E-state index contributed by atoms with van der Waals surface area (Å²) in [4.78, 5) is 0. The highest BCUT2D eigenvalue weighted by atomic mass is 35.5. The van der Waals surface area contributed by atoms with Gasteiger partial charge in [0.2, 0.25) is 0 Å². The molecule has 14 heavy (non-hydrogen) atoms. The van der Waals surface area contributed by atoms with Gasteiger partial charge in [0.25, 0.3) is 6.43 Å². The minimum absolute atomic E-state index is 0.108. The van der Waals surface area contributed by atoms with Crippen molar-refractivity contribution in [3.63, 3.8) is 0 Å². The van der Waals surface area contributed by atoms with E-state index in [1.54, 1.807) is 0 Å². The van der Waals surface area contributed by atoms with E-state index in [2.05, 4.69) is 5.16 Å². The van der Waals surface area contributed by atoms with Crippen molar-refractivity contribution in [3.05, 3.63) is 0 Å². The van der Waals surface area contributed by atoms with E-state index in [4.69, 9.17) is 16.8 Å². The fraction of sp³-hybridized carbons (Fsp3) is 0.889. The van der Waals surface area contributed by atoms with Crippen molar-refractivity contribution < 1.29 is 14.0 Å². The van der Waals surface area contributed by atoms with Crippen molar-refractivity contribution in [1.82, 2.24) is 0 Å². The van der Waals surface area contributed by atoms with Gasteiger partial charge in [0.15, 0.2) is 0 Å². The van der Waals surface area contributed by atoms with Crippen molar-refractivity contribution in [1.29, 1.82) is 0 Å². The molecule has 0 amide bonds. The van der Waals surface area contributed by atoms with Crippen molar-refractivity contribution >= 4 is 17.3 Å². The minimum Gasteiger partial charge on any atom is -0.411 e. The molecule has 2 nitrogen and oxygen atoms in total. The Morgan fingerprint density at radius 2 is 1.93 bits per heavy atom. The van der Waals surface area contributed by atoms with E-state index in [9.17, 15) is 8.78 Å². The van der Waals surface area contributed by atoms with Crippen LogP contribution >= 0.6 is 11.6 Å². The van der Waals surface area contributed by atoms with Crippen LogP contribution in [-0.2, 0) is 0 Å². The molecule has 0 spiro atoms. The molecule has 1 aliphatic rings. The maximum atomic E-state index is 12.6. The highest BCUT2D eigenvalue weighted by molar-refractivity contribution is 6.20. The summed E-state index contributed by atoms with van der Waals surface area (Å²) in [5, 5.41) is 11.3. The molecule has 0 aliphatic heterocycles. The zero-order valence-corrected chi connectivity index (χ0v) is 8.60. The Balaban J connectivity index is 2.86.